The van der Waals surface area contributed by atoms with E-state index in [0.717, 1.165) is 18.0 Å². The highest BCUT2D eigenvalue weighted by atomic mass is 127. The molecule has 0 saturated heterocycles. The molecular weight excluding hydrogens is 337 g/mol. The molecule has 0 aliphatic rings. The predicted molar refractivity (Wildman–Crippen MR) is 84.2 cm³/mol. The lowest BCUT2D eigenvalue weighted by atomic mass is 10.2. The van der Waals surface area contributed by atoms with Crippen LogP contribution in [0.2, 0.25) is 0 Å². The first kappa shape index (κ1) is 13.2. The fraction of sp³-hybridized carbons (Fsp3) is 0.200. The van der Waals surface area contributed by atoms with Crippen LogP contribution in [-0.4, -0.2) is 7.11 Å². The number of ether oxygens (including phenoxy) is 1. The second-order valence-electron chi connectivity index (χ2n) is 4.17. The first-order valence-electron chi connectivity index (χ1n) is 5.82. The van der Waals surface area contributed by atoms with Crippen LogP contribution in [-0.2, 0) is 6.54 Å². The monoisotopic (exact) mass is 353 g/mol. The van der Waals surface area contributed by atoms with E-state index in [1.165, 1.54) is 14.7 Å². The number of anilines is 1. The van der Waals surface area contributed by atoms with Crippen LogP contribution in [0.1, 0.15) is 11.1 Å². The molecule has 0 atom stereocenters. The van der Waals surface area contributed by atoms with Crippen LogP contribution in [0.5, 0.6) is 5.75 Å². The third-order valence-electron chi connectivity index (χ3n) is 2.83. The van der Waals surface area contributed by atoms with Crippen molar-refractivity contribution in [1.29, 1.82) is 0 Å². The number of methoxy groups -OCH3 is 1. The molecule has 2 aromatic carbocycles. The molecule has 0 spiro atoms. The highest BCUT2D eigenvalue weighted by Gasteiger charge is 1.98. The van der Waals surface area contributed by atoms with Crippen molar-refractivity contribution in [3.63, 3.8) is 0 Å². The predicted octanol–water partition coefficient (Wildman–Crippen LogP) is 4.22. The zero-order valence-corrected chi connectivity index (χ0v) is 12.7. The topological polar surface area (TPSA) is 21.3 Å². The Kier molecular flexibility index (Phi) is 4.47. The number of rotatable bonds is 4. The van der Waals surface area contributed by atoms with Gasteiger partial charge in [-0.15, -0.1) is 0 Å². The lowest BCUT2D eigenvalue weighted by Gasteiger charge is -2.08. The molecular formula is C15H16INO. The van der Waals surface area contributed by atoms with Gasteiger partial charge in [0.2, 0.25) is 0 Å². The molecule has 0 saturated carbocycles. The minimum Gasteiger partial charge on any atom is -0.497 e. The molecule has 2 nitrogen and oxygen atoms in total. The summed E-state index contributed by atoms with van der Waals surface area (Å²) in [7, 11) is 1.68. The Hall–Kier alpha value is -1.23. The van der Waals surface area contributed by atoms with E-state index in [-0.39, 0.29) is 0 Å². The first-order valence-corrected chi connectivity index (χ1v) is 6.90. The fourth-order valence-electron chi connectivity index (χ4n) is 1.65. The lowest BCUT2D eigenvalue weighted by molar-refractivity contribution is 0.414. The summed E-state index contributed by atoms with van der Waals surface area (Å²) in [6.07, 6.45) is 0. The Bertz CT molecular complexity index is 523. The summed E-state index contributed by atoms with van der Waals surface area (Å²) in [6.45, 7) is 2.94. The Morgan fingerprint density at radius 1 is 1.11 bits per heavy atom. The van der Waals surface area contributed by atoms with E-state index in [2.05, 4.69) is 65.2 Å². The number of aryl methyl sites for hydroxylation is 1. The summed E-state index contributed by atoms with van der Waals surface area (Å²) in [5.74, 6) is 0.892. The average molecular weight is 353 g/mol. The number of nitrogens with one attached hydrogen (secondary N) is 1. The van der Waals surface area contributed by atoms with Crippen molar-refractivity contribution in [1.82, 2.24) is 0 Å². The summed E-state index contributed by atoms with van der Waals surface area (Å²) >= 11 is 2.36. The van der Waals surface area contributed by atoms with Gasteiger partial charge in [-0.25, -0.2) is 0 Å². The maximum atomic E-state index is 5.14. The van der Waals surface area contributed by atoms with Crippen molar-refractivity contribution in [2.75, 3.05) is 12.4 Å². The van der Waals surface area contributed by atoms with Crippen LogP contribution in [0.15, 0.2) is 42.5 Å². The third kappa shape index (κ3) is 3.38. The van der Waals surface area contributed by atoms with Gasteiger partial charge in [-0.05, 0) is 64.9 Å². The van der Waals surface area contributed by atoms with Crippen molar-refractivity contribution in [3.05, 3.63) is 57.2 Å². The van der Waals surface area contributed by atoms with E-state index in [9.17, 15) is 0 Å². The van der Waals surface area contributed by atoms with Gasteiger partial charge in [0.25, 0.3) is 0 Å². The molecule has 94 valence electrons. The lowest BCUT2D eigenvalue weighted by Crippen LogP contribution is -1.99. The Labute approximate surface area is 122 Å². The van der Waals surface area contributed by atoms with E-state index in [0.29, 0.717) is 0 Å². The quantitative estimate of drug-likeness (QED) is 0.831. The van der Waals surface area contributed by atoms with E-state index >= 15 is 0 Å². The van der Waals surface area contributed by atoms with Crippen LogP contribution in [0.4, 0.5) is 5.69 Å². The van der Waals surface area contributed by atoms with Crippen LogP contribution in [0.3, 0.4) is 0 Å². The van der Waals surface area contributed by atoms with Crippen molar-refractivity contribution in [2.45, 2.75) is 13.5 Å². The normalized spacial score (nSPS) is 10.2. The van der Waals surface area contributed by atoms with Gasteiger partial charge in [0.1, 0.15) is 5.75 Å². The maximum Gasteiger partial charge on any atom is 0.118 e. The molecule has 2 aromatic rings. The van der Waals surface area contributed by atoms with Gasteiger partial charge >= 0.3 is 0 Å². The average Bonchev–Trinajstić information content (AvgIpc) is 2.41. The SMILES string of the molecule is COc1ccc(CNc2ccc(C)c(I)c2)cc1. The second kappa shape index (κ2) is 6.09. The molecule has 2 rings (SSSR count). The molecule has 0 fully saturated rings. The molecule has 0 aromatic heterocycles. The van der Waals surface area contributed by atoms with Crippen molar-refractivity contribution >= 4 is 28.3 Å². The molecule has 0 heterocycles. The zero-order valence-electron chi connectivity index (χ0n) is 10.5. The van der Waals surface area contributed by atoms with E-state index in [1.807, 2.05) is 12.1 Å². The van der Waals surface area contributed by atoms with E-state index < -0.39 is 0 Å². The number of benzene rings is 2. The molecule has 0 radical (unpaired) electrons. The van der Waals surface area contributed by atoms with Gasteiger partial charge in [-0.3, -0.25) is 0 Å². The van der Waals surface area contributed by atoms with Gasteiger partial charge in [0.05, 0.1) is 7.11 Å². The molecule has 3 heteroatoms. The molecule has 0 aliphatic carbocycles. The molecule has 0 bridgehead atoms. The second-order valence-corrected chi connectivity index (χ2v) is 5.33. The number of hydrogen-bond donors (Lipinski definition) is 1. The smallest absolute Gasteiger partial charge is 0.118 e. The van der Waals surface area contributed by atoms with Crippen LogP contribution in [0, 0.1) is 10.5 Å². The van der Waals surface area contributed by atoms with E-state index in [1.54, 1.807) is 7.11 Å². The minimum atomic E-state index is 0.823. The molecule has 0 unspecified atom stereocenters. The minimum absolute atomic E-state index is 0.823. The third-order valence-corrected chi connectivity index (χ3v) is 3.99. The maximum absolute atomic E-state index is 5.14. The van der Waals surface area contributed by atoms with Crippen molar-refractivity contribution < 1.29 is 4.74 Å². The zero-order chi connectivity index (χ0) is 13.0. The Balaban J connectivity index is 1.99. The Morgan fingerprint density at radius 3 is 2.44 bits per heavy atom. The number of halogens is 1. The van der Waals surface area contributed by atoms with Gasteiger partial charge < -0.3 is 10.1 Å². The van der Waals surface area contributed by atoms with Crippen LogP contribution < -0.4 is 10.1 Å². The molecule has 18 heavy (non-hydrogen) atoms. The van der Waals surface area contributed by atoms with E-state index in [4.69, 9.17) is 4.74 Å². The van der Waals surface area contributed by atoms with Crippen LogP contribution >= 0.6 is 22.6 Å². The first-order chi connectivity index (χ1) is 8.69. The standard InChI is InChI=1S/C15H16INO/c1-11-3-6-13(9-15(11)16)17-10-12-4-7-14(18-2)8-5-12/h3-9,17H,10H2,1-2H3. The summed E-state index contributed by atoms with van der Waals surface area (Å²) in [6, 6.07) is 14.5. The number of hydrogen-bond acceptors (Lipinski definition) is 2. The molecule has 0 amide bonds. The highest BCUT2D eigenvalue weighted by Crippen LogP contribution is 2.18. The molecule has 1 N–H and O–H groups in total. The largest absolute Gasteiger partial charge is 0.497 e. The van der Waals surface area contributed by atoms with Crippen molar-refractivity contribution in [3.8, 4) is 5.75 Å². The summed E-state index contributed by atoms with van der Waals surface area (Å²) in [5, 5.41) is 3.42. The van der Waals surface area contributed by atoms with Gasteiger partial charge in [-0.1, -0.05) is 18.2 Å². The van der Waals surface area contributed by atoms with Gasteiger partial charge in [0.15, 0.2) is 0 Å². The summed E-state index contributed by atoms with van der Waals surface area (Å²) in [5.41, 5.74) is 3.71. The molecule has 0 aliphatic heterocycles. The van der Waals surface area contributed by atoms with Gasteiger partial charge in [-0.2, -0.15) is 0 Å². The summed E-state index contributed by atoms with van der Waals surface area (Å²) < 4.78 is 6.42. The highest BCUT2D eigenvalue weighted by molar-refractivity contribution is 14.1. The Morgan fingerprint density at radius 2 is 1.83 bits per heavy atom. The van der Waals surface area contributed by atoms with Crippen LogP contribution in [0.25, 0.3) is 0 Å². The van der Waals surface area contributed by atoms with Crippen molar-refractivity contribution in [2.24, 2.45) is 0 Å². The summed E-state index contributed by atoms with van der Waals surface area (Å²) in [4.78, 5) is 0. The van der Waals surface area contributed by atoms with Gasteiger partial charge in [0, 0.05) is 15.8 Å². The fourth-order valence-corrected chi connectivity index (χ4v) is 2.17.